The average Bonchev–Trinajstić information content (AvgIpc) is 2.55. The van der Waals surface area contributed by atoms with Crippen LogP contribution in [-0.4, -0.2) is 24.8 Å². The molecule has 2 N–H and O–H groups in total. The Morgan fingerprint density at radius 3 is 2.57 bits per heavy atom. The third-order valence-corrected chi connectivity index (χ3v) is 4.51. The van der Waals surface area contributed by atoms with Gasteiger partial charge in [0.1, 0.15) is 0 Å². The molecular formula is C19H29NO. The Hall–Kier alpha value is -1.12. The van der Waals surface area contributed by atoms with Gasteiger partial charge in [0.2, 0.25) is 0 Å². The van der Waals surface area contributed by atoms with Crippen LogP contribution in [0.1, 0.15) is 50.0 Å². The summed E-state index contributed by atoms with van der Waals surface area (Å²) in [5, 5.41) is 12.6. The maximum atomic E-state index is 8.89. The van der Waals surface area contributed by atoms with Gasteiger partial charge in [0.15, 0.2) is 0 Å². The lowest BCUT2D eigenvalue weighted by Gasteiger charge is -2.23. The summed E-state index contributed by atoms with van der Waals surface area (Å²) in [5.74, 6) is 1.38. The highest BCUT2D eigenvalue weighted by Crippen LogP contribution is 2.23. The predicted molar refractivity (Wildman–Crippen MR) is 89.5 cm³/mol. The van der Waals surface area contributed by atoms with Crippen molar-refractivity contribution in [2.24, 2.45) is 5.92 Å². The van der Waals surface area contributed by atoms with Crippen LogP contribution in [0.5, 0.6) is 0 Å². The fraction of sp³-hybridized carbons (Fsp3) is 0.579. The molecule has 0 spiro atoms. The van der Waals surface area contributed by atoms with E-state index >= 15 is 0 Å². The molecule has 0 heterocycles. The lowest BCUT2D eigenvalue weighted by Crippen LogP contribution is -2.28. The minimum atomic E-state index is 0.136. The van der Waals surface area contributed by atoms with E-state index in [-0.39, 0.29) is 6.61 Å². The predicted octanol–water partition coefficient (Wildman–Crippen LogP) is 3.88. The summed E-state index contributed by atoms with van der Waals surface area (Å²) in [5.41, 5.74) is 1.39. The zero-order valence-electron chi connectivity index (χ0n) is 13.0. The summed E-state index contributed by atoms with van der Waals surface area (Å²) >= 11 is 0. The first-order chi connectivity index (χ1) is 10.4. The topological polar surface area (TPSA) is 32.3 Å². The molecule has 1 saturated carbocycles. The molecule has 0 bridgehead atoms. The Morgan fingerprint density at radius 2 is 1.86 bits per heavy atom. The molecule has 0 saturated heterocycles. The number of benzene rings is 1. The van der Waals surface area contributed by atoms with E-state index in [9.17, 15) is 0 Å². The van der Waals surface area contributed by atoms with Gasteiger partial charge >= 0.3 is 0 Å². The van der Waals surface area contributed by atoms with Gasteiger partial charge in [-0.25, -0.2) is 0 Å². The van der Waals surface area contributed by atoms with Crippen molar-refractivity contribution in [2.75, 3.05) is 19.7 Å². The first kappa shape index (κ1) is 16.3. The van der Waals surface area contributed by atoms with Crippen molar-refractivity contribution < 1.29 is 5.11 Å². The van der Waals surface area contributed by atoms with Crippen LogP contribution < -0.4 is 5.32 Å². The minimum absolute atomic E-state index is 0.136. The molecule has 116 valence electrons. The van der Waals surface area contributed by atoms with Crippen molar-refractivity contribution in [3.05, 3.63) is 48.0 Å². The van der Waals surface area contributed by atoms with Crippen LogP contribution in [0.15, 0.2) is 42.5 Å². The van der Waals surface area contributed by atoms with Crippen molar-refractivity contribution in [1.82, 2.24) is 5.32 Å². The van der Waals surface area contributed by atoms with Crippen molar-refractivity contribution in [3.8, 4) is 0 Å². The van der Waals surface area contributed by atoms with Crippen molar-refractivity contribution in [1.29, 1.82) is 0 Å². The molecule has 0 aliphatic heterocycles. The smallest absolute Gasteiger partial charge is 0.0612 e. The van der Waals surface area contributed by atoms with Crippen LogP contribution >= 0.6 is 0 Å². The Kier molecular flexibility index (Phi) is 7.55. The van der Waals surface area contributed by atoms with Gasteiger partial charge in [-0.3, -0.25) is 0 Å². The van der Waals surface area contributed by atoms with E-state index in [1.54, 1.807) is 0 Å². The number of hydrogen-bond donors (Lipinski definition) is 2. The van der Waals surface area contributed by atoms with Crippen molar-refractivity contribution in [2.45, 2.75) is 44.4 Å². The monoisotopic (exact) mass is 287 g/mol. The second-order valence-corrected chi connectivity index (χ2v) is 6.16. The van der Waals surface area contributed by atoms with Crippen molar-refractivity contribution >= 4 is 0 Å². The van der Waals surface area contributed by atoms with Gasteiger partial charge in [0.25, 0.3) is 0 Å². The van der Waals surface area contributed by atoms with Gasteiger partial charge in [-0.1, -0.05) is 61.7 Å². The van der Waals surface area contributed by atoms with E-state index < -0.39 is 0 Å². The average molecular weight is 287 g/mol. The third-order valence-electron chi connectivity index (χ3n) is 4.51. The van der Waals surface area contributed by atoms with E-state index in [4.69, 9.17) is 5.11 Å². The highest BCUT2D eigenvalue weighted by atomic mass is 16.2. The van der Waals surface area contributed by atoms with Gasteiger partial charge < -0.3 is 10.4 Å². The number of hydrogen-bond acceptors (Lipinski definition) is 2. The highest BCUT2D eigenvalue weighted by Gasteiger charge is 2.14. The molecule has 2 nitrogen and oxygen atoms in total. The van der Waals surface area contributed by atoms with Crippen LogP contribution in [0.2, 0.25) is 0 Å². The lowest BCUT2D eigenvalue weighted by atomic mass is 9.89. The maximum Gasteiger partial charge on any atom is 0.0612 e. The van der Waals surface area contributed by atoms with Crippen LogP contribution in [-0.2, 0) is 0 Å². The molecule has 1 aromatic carbocycles. The van der Waals surface area contributed by atoms with Crippen LogP contribution in [0, 0.1) is 5.92 Å². The lowest BCUT2D eigenvalue weighted by molar-refractivity contribution is 0.338. The second kappa shape index (κ2) is 9.75. The van der Waals surface area contributed by atoms with Crippen molar-refractivity contribution in [3.63, 3.8) is 0 Å². The summed E-state index contributed by atoms with van der Waals surface area (Å²) in [6, 6.07) is 10.7. The Balaban J connectivity index is 1.82. The summed E-state index contributed by atoms with van der Waals surface area (Å²) in [4.78, 5) is 0. The molecule has 1 fully saturated rings. The normalized spacial score (nSPS) is 18.1. The van der Waals surface area contributed by atoms with Gasteiger partial charge in [0.05, 0.1) is 6.61 Å². The van der Waals surface area contributed by atoms with Crippen LogP contribution in [0.4, 0.5) is 0 Å². The van der Waals surface area contributed by atoms with Gasteiger partial charge in [-0.05, 0) is 43.2 Å². The second-order valence-electron chi connectivity index (χ2n) is 6.16. The van der Waals surface area contributed by atoms with Crippen LogP contribution in [0.3, 0.4) is 0 Å². The van der Waals surface area contributed by atoms with E-state index in [2.05, 4.69) is 41.7 Å². The standard InChI is InChI=1S/C19H29NO/c21-14-8-7-13-19(18-11-5-2-6-12-18)16-20-15-17-9-3-1-4-10-17/h2,5-8,11-12,17,19-21H,1,3-4,9-10,13-16H2/b8-7+. The van der Waals surface area contributed by atoms with E-state index in [0.29, 0.717) is 5.92 Å². The molecule has 2 heteroatoms. The molecule has 1 aliphatic carbocycles. The first-order valence-corrected chi connectivity index (χ1v) is 8.41. The third kappa shape index (κ3) is 6.03. The first-order valence-electron chi connectivity index (χ1n) is 8.41. The fourth-order valence-electron chi connectivity index (χ4n) is 3.25. The number of rotatable bonds is 8. The molecule has 0 amide bonds. The summed E-state index contributed by atoms with van der Waals surface area (Å²) in [6.07, 6.45) is 12.0. The SMILES string of the molecule is OC/C=C/CC(CNCC1CCCCC1)c1ccccc1. The minimum Gasteiger partial charge on any atom is -0.392 e. The molecule has 0 aromatic heterocycles. The van der Waals surface area contributed by atoms with Gasteiger partial charge in [-0.15, -0.1) is 0 Å². The number of aliphatic hydroxyl groups excluding tert-OH is 1. The summed E-state index contributed by atoms with van der Waals surface area (Å²) in [7, 11) is 0. The molecule has 1 aliphatic rings. The highest BCUT2D eigenvalue weighted by molar-refractivity contribution is 5.20. The van der Waals surface area contributed by atoms with Gasteiger partial charge in [0, 0.05) is 6.54 Å². The Morgan fingerprint density at radius 1 is 1.10 bits per heavy atom. The number of aliphatic hydroxyl groups is 1. The molecule has 1 unspecified atom stereocenters. The summed E-state index contributed by atoms with van der Waals surface area (Å²) < 4.78 is 0. The zero-order chi connectivity index (χ0) is 14.8. The fourth-order valence-corrected chi connectivity index (χ4v) is 3.25. The van der Waals surface area contributed by atoms with E-state index in [1.807, 2.05) is 6.08 Å². The van der Waals surface area contributed by atoms with E-state index in [1.165, 1.54) is 37.7 Å². The summed E-state index contributed by atoms with van der Waals surface area (Å²) in [6.45, 7) is 2.32. The van der Waals surface area contributed by atoms with Crippen LogP contribution in [0.25, 0.3) is 0 Å². The Labute approximate surface area is 129 Å². The zero-order valence-corrected chi connectivity index (χ0v) is 13.0. The molecule has 1 aromatic rings. The molecule has 0 radical (unpaired) electrons. The largest absolute Gasteiger partial charge is 0.392 e. The number of nitrogens with one attached hydrogen (secondary N) is 1. The molecule has 1 atom stereocenters. The van der Waals surface area contributed by atoms with Gasteiger partial charge in [-0.2, -0.15) is 0 Å². The van der Waals surface area contributed by atoms with E-state index in [0.717, 1.165) is 25.4 Å². The number of allylic oxidation sites excluding steroid dienone is 1. The molecular weight excluding hydrogens is 258 g/mol. The Bertz CT molecular complexity index is 395. The molecule has 2 rings (SSSR count). The maximum absolute atomic E-state index is 8.89. The molecule has 21 heavy (non-hydrogen) atoms. The quantitative estimate of drug-likeness (QED) is 0.711.